The Hall–Kier alpha value is -3.09. The van der Waals surface area contributed by atoms with Gasteiger partial charge in [-0.1, -0.05) is 12.8 Å². The van der Waals surface area contributed by atoms with Gasteiger partial charge in [-0.25, -0.2) is 9.78 Å². The zero-order valence-electron chi connectivity index (χ0n) is 14.6. The minimum atomic E-state index is -0.627. The number of anilines is 3. The molecule has 1 aromatic heterocycles. The van der Waals surface area contributed by atoms with Crippen LogP contribution in [0.25, 0.3) is 0 Å². The Labute approximate surface area is 152 Å². The van der Waals surface area contributed by atoms with Crippen LogP contribution in [0.1, 0.15) is 36.0 Å². The van der Waals surface area contributed by atoms with Crippen molar-refractivity contribution in [3.63, 3.8) is 0 Å². The number of aromatic nitrogens is 1. The first-order valence-corrected chi connectivity index (χ1v) is 8.81. The second kappa shape index (κ2) is 8.33. The summed E-state index contributed by atoms with van der Waals surface area (Å²) in [7, 11) is 0. The van der Waals surface area contributed by atoms with Crippen LogP contribution in [0.4, 0.5) is 22.0 Å². The quantitative estimate of drug-likeness (QED) is 0.786. The van der Waals surface area contributed by atoms with Gasteiger partial charge < -0.3 is 21.3 Å². The monoisotopic (exact) mass is 353 g/mol. The number of hydrogen-bond donors (Lipinski definition) is 3. The highest BCUT2D eigenvalue weighted by atomic mass is 16.2. The summed E-state index contributed by atoms with van der Waals surface area (Å²) in [4.78, 5) is 29.9. The highest BCUT2D eigenvalue weighted by molar-refractivity contribution is 6.04. The van der Waals surface area contributed by atoms with E-state index in [2.05, 4.69) is 20.5 Å². The van der Waals surface area contributed by atoms with Gasteiger partial charge in [0.05, 0.1) is 5.56 Å². The van der Waals surface area contributed by atoms with E-state index in [1.165, 1.54) is 25.7 Å². The van der Waals surface area contributed by atoms with Crippen LogP contribution in [-0.2, 0) is 0 Å². The van der Waals surface area contributed by atoms with Crippen LogP contribution >= 0.6 is 0 Å². The Morgan fingerprint density at radius 2 is 1.50 bits per heavy atom. The molecule has 136 valence electrons. The van der Waals surface area contributed by atoms with Crippen LogP contribution < -0.4 is 21.3 Å². The van der Waals surface area contributed by atoms with Crippen molar-refractivity contribution in [2.75, 3.05) is 28.6 Å². The molecule has 0 radical (unpaired) electrons. The smallest absolute Gasteiger partial charge is 0.316 e. The number of carbonyl (C=O) groups is 2. The highest BCUT2D eigenvalue weighted by Crippen LogP contribution is 2.18. The molecule has 3 rings (SSSR count). The largest absolute Gasteiger partial charge is 0.357 e. The average Bonchev–Trinajstić information content (AvgIpc) is 2.92. The molecule has 2 heterocycles. The van der Waals surface area contributed by atoms with E-state index in [0.717, 1.165) is 18.9 Å². The summed E-state index contributed by atoms with van der Waals surface area (Å²) in [6.45, 7) is 2.04. The summed E-state index contributed by atoms with van der Waals surface area (Å²) in [5.41, 5.74) is 6.76. The van der Waals surface area contributed by atoms with Gasteiger partial charge in [-0.15, -0.1) is 0 Å². The number of urea groups is 1. The van der Waals surface area contributed by atoms with Crippen molar-refractivity contribution in [1.82, 2.24) is 4.98 Å². The number of amides is 3. The number of nitrogens with one attached hydrogen (secondary N) is 2. The number of pyridine rings is 1. The minimum absolute atomic E-state index is 0.226. The lowest BCUT2D eigenvalue weighted by atomic mass is 10.2. The lowest BCUT2D eigenvalue weighted by Gasteiger charge is -2.21. The number of nitrogens with two attached hydrogens (primary N) is 1. The third-order valence-electron chi connectivity index (χ3n) is 4.35. The zero-order valence-corrected chi connectivity index (χ0v) is 14.6. The third kappa shape index (κ3) is 4.72. The van der Waals surface area contributed by atoms with Crippen LogP contribution in [-0.4, -0.2) is 30.0 Å². The van der Waals surface area contributed by atoms with E-state index in [9.17, 15) is 9.59 Å². The maximum Gasteiger partial charge on any atom is 0.316 e. The van der Waals surface area contributed by atoms with Crippen molar-refractivity contribution in [3.8, 4) is 0 Å². The lowest BCUT2D eigenvalue weighted by molar-refractivity contribution is 0.102. The number of hydrogen-bond acceptors (Lipinski definition) is 4. The van der Waals surface area contributed by atoms with Gasteiger partial charge in [-0.2, -0.15) is 0 Å². The van der Waals surface area contributed by atoms with Gasteiger partial charge >= 0.3 is 6.03 Å². The molecule has 1 aliphatic heterocycles. The molecule has 0 saturated carbocycles. The van der Waals surface area contributed by atoms with Crippen LogP contribution in [0, 0.1) is 0 Å². The highest BCUT2D eigenvalue weighted by Gasteiger charge is 2.12. The molecule has 2 aromatic rings. The molecule has 1 fully saturated rings. The SMILES string of the molecule is NC(=O)Nc1ccc(NC(=O)c2ccc(N3CCCCCC3)nc2)cc1. The van der Waals surface area contributed by atoms with Crippen LogP contribution in [0.3, 0.4) is 0 Å². The number of benzene rings is 1. The predicted molar refractivity (Wildman–Crippen MR) is 103 cm³/mol. The maximum atomic E-state index is 12.4. The summed E-state index contributed by atoms with van der Waals surface area (Å²) in [5.74, 6) is 0.695. The molecule has 0 unspecified atom stereocenters. The lowest BCUT2D eigenvalue weighted by Crippen LogP contribution is -2.25. The normalized spacial score (nSPS) is 14.4. The molecule has 26 heavy (non-hydrogen) atoms. The second-order valence-electron chi connectivity index (χ2n) is 6.33. The van der Waals surface area contributed by atoms with Crippen molar-refractivity contribution >= 4 is 29.1 Å². The molecule has 3 amide bonds. The minimum Gasteiger partial charge on any atom is -0.357 e. The first-order valence-electron chi connectivity index (χ1n) is 8.81. The number of nitrogens with zero attached hydrogens (tertiary/aromatic N) is 2. The van der Waals surface area contributed by atoms with E-state index in [-0.39, 0.29) is 5.91 Å². The van der Waals surface area contributed by atoms with Gasteiger partial charge in [0.25, 0.3) is 5.91 Å². The Balaban J connectivity index is 1.61. The summed E-state index contributed by atoms with van der Waals surface area (Å²) in [6.07, 6.45) is 6.52. The Morgan fingerprint density at radius 3 is 2.04 bits per heavy atom. The number of carbonyl (C=O) groups excluding carboxylic acids is 2. The van der Waals surface area contributed by atoms with Gasteiger partial charge in [-0.3, -0.25) is 4.79 Å². The molecule has 1 aliphatic rings. The fourth-order valence-electron chi connectivity index (χ4n) is 2.99. The molecule has 0 atom stereocenters. The van der Waals surface area contributed by atoms with Gasteiger partial charge in [0, 0.05) is 30.7 Å². The topological polar surface area (TPSA) is 100 Å². The fourth-order valence-corrected chi connectivity index (χ4v) is 2.99. The molecule has 4 N–H and O–H groups in total. The molecule has 0 bridgehead atoms. The Kier molecular flexibility index (Phi) is 5.68. The van der Waals surface area contributed by atoms with E-state index >= 15 is 0 Å². The van der Waals surface area contributed by atoms with Gasteiger partial charge in [-0.05, 0) is 49.2 Å². The number of primary amides is 1. The first-order chi connectivity index (χ1) is 12.6. The molecule has 1 aromatic carbocycles. The van der Waals surface area contributed by atoms with E-state index in [1.54, 1.807) is 36.5 Å². The van der Waals surface area contributed by atoms with Gasteiger partial charge in [0.1, 0.15) is 5.82 Å². The van der Waals surface area contributed by atoms with Gasteiger partial charge in [0.15, 0.2) is 0 Å². The van der Waals surface area contributed by atoms with E-state index in [1.807, 2.05) is 6.07 Å². The van der Waals surface area contributed by atoms with E-state index < -0.39 is 6.03 Å². The van der Waals surface area contributed by atoms with Crippen LogP contribution in [0.5, 0.6) is 0 Å². The summed E-state index contributed by atoms with van der Waals surface area (Å²) < 4.78 is 0. The van der Waals surface area contributed by atoms with Crippen molar-refractivity contribution < 1.29 is 9.59 Å². The maximum absolute atomic E-state index is 12.4. The second-order valence-corrected chi connectivity index (χ2v) is 6.33. The fraction of sp³-hybridized carbons (Fsp3) is 0.316. The molecule has 0 spiro atoms. The molecule has 0 aliphatic carbocycles. The predicted octanol–water partition coefficient (Wildman–Crippen LogP) is 3.20. The number of rotatable bonds is 4. The average molecular weight is 353 g/mol. The van der Waals surface area contributed by atoms with Crippen LogP contribution in [0.15, 0.2) is 42.6 Å². The summed E-state index contributed by atoms with van der Waals surface area (Å²) in [6, 6.07) is 9.80. The van der Waals surface area contributed by atoms with Crippen LogP contribution in [0.2, 0.25) is 0 Å². The molecular weight excluding hydrogens is 330 g/mol. The first kappa shape index (κ1) is 17.7. The third-order valence-corrected chi connectivity index (χ3v) is 4.35. The summed E-state index contributed by atoms with van der Waals surface area (Å²) >= 11 is 0. The van der Waals surface area contributed by atoms with E-state index in [0.29, 0.717) is 16.9 Å². The Morgan fingerprint density at radius 1 is 0.885 bits per heavy atom. The molecule has 7 heteroatoms. The van der Waals surface area contributed by atoms with Gasteiger partial charge in [0.2, 0.25) is 0 Å². The van der Waals surface area contributed by atoms with Crippen molar-refractivity contribution in [1.29, 1.82) is 0 Å². The molecular formula is C19H23N5O2. The molecule has 1 saturated heterocycles. The standard InChI is InChI=1S/C19H23N5O2/c20-19(26)23-16-8-6-15(7-9-16)22-18(25)14-5-10-17(21-13-14)24-11-3-1-2-4-12-24/h5-10,13H,1-4,11-12H2,(H,22,25)(H3,20,23,26). The zero-order chi connectivity index (χ0) is 18.4. The molecule has 7 nitrogen and oxygen atoms in total. The summed E-state index contributed by atoms with van der Waals surface area (Å²) in [5, 5.41) is 5.28. The van der Waals surface area contributed by atoms with Crippen molar-refractivity contribution in [2.45, 2.75) is 25.7 Å². The van der Waals surface area contributed by atoms with Crippen molar-refractivity contribution in [3.05, 3.63) is 48.2 Å². The van der Waals surface area contributed by atoms with E-state index in [4.69, 9.17) is 5.73 Å². The Bertz CT molecular complexity index is 751. The van der Waals surface area contributed by atoms with Crippen molar-refractivity contribution in [2.24, 2.45) is 5.73 Å².